The van der Waals surface area contributed by atoms with Crippen LogP contribution in [0.5, 0.6) is 0 Å². The number of hydrogen-bond acceptors (Lipinski definition) is 5. The first-order chi connectivity index (χ1) is 16.9. The fraction of sp³-hybridized carbons (Fsp3) is 0.333. The third-order valence-corrected chi connectivity index (χ3v) is 5.88. The number of carbonyl (C=O) groups is 3. The first kappa shape index (κ1) is 27.2. The molecule has 2 N–H and O–H groups in total. The molecule has 7 nitrogen and oxygen atoms in total. The van der Waals surface area contributed by atoms with Crippen molar-refractivity contribution in [1.82, 2.24) is 10.2 Å². The molecule has 1 heterocycles. The van der Waals surface area contributed by atoms with E-state index >= 15 is 0 Å². The van der Waals surface area contributed by atoms with Crippen LogP contribution in [-0.4, -0.2) is 55.9 Å². The molecule has 0 aliphatic carbocycles. The number of ketones is 1. The fourth-order valence-electron chi connectivity index (χ4n) is 4.02. The van der Waals surface area contributed by atoms with Crippen molar-refractivity contribution in [3.63, 3.8) is 0 Å². The number of hydrogen-bond donors (Lipinski definition) is 2. The van der Waals surface area contributed by atoms with Gasteiger partial charge < -0.3 is 15.5 Å². The predicted molar refractivity (Wildman–Crippen MR) is 140 cm³/mol. The van der Waals surface area contributed by atoms with Gasteiger partial charge in [0, 0.05) is 43.4 Å². The van der Waals surface area contributed by atoms with Crippen LogP contribution in [0.15, 0.2) is 58.7 Å². The Labute approximate surface area is 215 Å². The molecule has 3 rings (SSSR count). The number of benzene rings is 2. The number of Topliss-reactive ketones (excluding diaryl/α,β-unsaturated/α-hetero) is 1. The predicted octanol–water partition coefficient (Wildman–Crippen LogP) is 4.28. The molecule has 0 radical (unpaired) electrons. The molecule has 36 heavy (non-hydrogen) atoms. The molecule has 190 valence electrons. The quantitative estimate of drug-likeness (QED) is 0.465. The Morgan fingerprint density at radius 2 is 1.78 bits per heavy atom. The third kappa shape index (κ3) is 7.32. The van der Waals surface area contributed by atoms with Crippen LogP contribution < -0.4 is 10.6 Å². The molecule has 0 saturated carbocycles. The normalized spacial score (nSPS) is 13.3. The lowest BCUT2D eigenvalue weighted by atomic mass is 9.93. The first-order valence-corrected chi connectivity index (χ1v) is 11.9. The van der Waals surface area contributed by atoms with E-state index in [-0.39, 0.29) is 46.2 Å². The summed E-state index contributed by atoms with van der Waals surface area (Å²) in [5.41, 5.74) is 1.74. The van der Waals surface area contributed by atoms with Crippen LogP contribution in [-0.2, 0) is 16.0 Å². The Bertz CT molecular complexity index is 1220. The maximum atomic E-state index is 13.2. The molecule has 1 aliphatic heterocycles. The van der Waals surface area contributed by atoms with Crippen molar-refractivity contribution < 1.29 is 18.8 Å². The van der Waals surface area contributed by atoms with Crippen molar-refractivity contribution in [3.8, 4) is 0 Å². The van der Waals surface area contributed by atoms with E-state index in [9.17, 15) is 18.8 Å². The minimum Gasteiger partial charge on any atom is -0.350 e. The molecule has 2 amide bonds. The van der Waals surface area contributed by atoms with Gasteiger partial charge in [0.2, 0.25) is 0 Å². The minimum atomic E-state index is -0.506. The van der Waals surface area contributed by atoms with Crippen molar-refractivity contribution >= 4 is 41.1 Å². The van der Waals surface area contributed by atoms with Crippen LogP contribution in [0.25, 0.3) is 0 Å². The lowest BCUT2D eigenvalue weighted by Crippen LogP contribution is -2.40. The highest BCUT2D eigenvalue weighted by molar-refractivity contribution is 6.34. The van der Waals surface area contributed by atoms with Gasteiger partial charge in [-0.15, -0.1) is 0 Å². The molecule has 0 atom stereocenters. The Hall–Kier alpha value is -3.36. The molecular weight excluding hydrogens is 483 g/mol. The van der Waals surface area contributed by atoms with Crippen molar-refractivity contribution in [1.29, 1.82) is 0 Å². The van der Waals surface area contributed by atoms with Gasteiger partial charge >= 0.3 is 0 Å². The van der Waals surface area contributed by atoms with E-state index in [2.05, 4.69) is 34.4 Å². The Morgan fingerprint density at radius 1 is 1.08 bits per heavy atom. The summed E-state index contributed by atoms with van der Waals surface area (Å²) in [7, 11) is 3.95. The van der Waals surface area contributed by atoms with E-state index in [0.29, 0.717) is 23.4 Å². The highest BCUT2D eigenvalue weighted by Crippen LogP contribution is 2.22. The monoisotopic (exact) mass is 512 g/mol. The van der Waals surface area contributed by atoms with Crippen LogP contribution in [0.2, 0.25) is 5.02 Å². The van der Waals surface area contributed by atoms with Gasteiger partial charge in [0.1, 0.15) is 11.5 Å². The number of nitrogens with zero attached hydrogens (tertiary/aromatic N) is 2. The van der Waals surface area contributed by atoms with Gasteiger partial charge in [0.25, 0.3) is 11.8 Å². The summed E-state index contributed by atoms with van der Waals surface area (Å²) >= 11 is 5.98. The second kappa shape index (κ2) is 11.6. The zero-order valence-corrected chi connectivity index (χ0v) is 21.6. The van der Waals surface area contributed by atoms with Gasteiger partial charge in [-0.25, -0.2) is 4.39 Å². The number of anilines is 1. The SMILES string of the molecule is CN(C)CC(C)(C)CNC(=O)C1=C(C(=O)Nc2ccc(CC(=O)c3ccc(F)cc3Cl)cc2)CC=N1. The van der Waals surface area contributed by atoms with E-state index in [1.807, 2.05) is 14.1 Å². The summed E-state index contributed by atoms with van der Waals surface area (Å²) in [5.74, 6) is -1.54. The molecule has 0 spiro atoms. The number of carbonyl (C=O) groups excluding carboxylic acids is 3. The van der Waals surface area contributed by atoms with Crippen LogP contribution in [0.3, 0.4) is 0 Å². The third-order valence-electron chi connectivity index (χ3n) is 5.57. The zero-order valence-electron chi connectivity index (χ0n) is 20.8. The summed E-state index contributed by atoms with van der Waals surface area (Å²) in [6, 6.07) is 10.4. The van der Waals surface area contributed by atoms with E-state index < -0.39 is 11.7 Å². The summed E-state index contributed by atoms with van der Waals surface area (Å²) in [6.45, 7) is 5.35. The highest BCUT2D eigenvalue weighted by atomic mass is 35.5. The van der Waals surface area contributed by atoms with Gasteiger partial charge in [0.15, 0.2) is 5.78 Å². The Kier molecular flexibility index (Phi) is 8.76. The van der Waals surface area contributed by atoms with E-state index in [1.165, 1.54) is 12.1 Å². The average molecular weight is 513 g/mol. The van der Waals surface area contributed by atoms with Gasteiger partial charge in [-0.2, -0.15) is 0 Å². The number of halogens is 2. The molecule has 1 aliphatic rings. The number of nitrogens with one attached hydrogen (secondary N) is 2. The summed E-state index contributed by atoms with van der Waals surface area (Å²) in [5, 5.41) is 5.74. The average Bonchev–Trinajstić information content (AvgIpc) is 3.28. The van der Waals surface area contributed by atoms with Crippen molar-refractivity contribution in [3.05, 3.63) is 75.7 Å². The van der Waals surface area contributed by atoms with E-state index in [4.69, 9.17) is 11.6 Å². The van der Waals surface area contributed by atoms with Gasteiger partial charge in [-0.3, -0.25) is 19.4 Å². The molecule has 2 aromatic rings. The number of amides is 2. The van der Waals surface area contributed by atoms with Gasteiger partial charge in [0.05, 0.1) is 10.6 Å². The van der Waals surface area contributed by atoms with Gasteiger partial charge in [-0.05, 0) is 55.4 Å². The highest BCUT2D eigenvalue weighted by Gasteiger charge is 2.26. The van der Waals surface area contributed by atoms with Gasteiger partial charge in [-0.1, -0.05) is 37.6 Å². The topological polar surface area (TPSA) is 90.9 Å². The van der Waals surface area contributed by atoms with E-state index in [1.54, 1.807) is 30.5 Å². The summed E-state index contributed by atoms with van der Waals surface area (Å²) in [6.07, 6.45) is 1.89. The lowest BCUT2D eigenvalue weighted by Gasteiger charge is -2.28. The molecule has 9 heteroatoms. The molecule has 0 bridgehead atoms. The Balaban J connectivity index is 1.61. The molecule has 0 unspecified atom stereocenters. The van der Waals surface area contributed by atoms with Crippen LogP contribution in [0.4, 0.5) is 10.1 Å². The molecule has 0 aromatic heterocycles. The van der Waals surface area contributed by atoms with Crippen molar-refractivity contribution in [2.45, 2.75) is 26.7 Å². The van der Waals surface area contributed by atoms with E-state index in [0.717, 1.165) is 12.6 Å². The van der Waals surface area contributed by atoms with Crippen molar-refractivity contribution in [2.75, 3.05) is 32.5 Å². The second-order valence-corrected chi connectivity index (χ2v) is 10.2. The lowest BCUT2D eigenvalue weighted by molar-refractivity contribution is -0.119. The maximum absolute atomic E-state index is 13.2. The molecule has 0 fully saturated rings. The number of rotatable bonds is 10. The van der Waals surface area contributed by atoms with Crippen LogP contribution in [0, 0.1) is 11.2 Å². The Morgan fingerprint density at radius 3 is 2.42 bits per heavy atom. The summed E-state index contributed by atoms with van der Waals surface area (Å²) < 4.78 is 13.2. The second-order valence-electron chi connectivity index (χ2n) is 9.80. The smallest absolute Gasteiger partial charge is 0.270 e. The largest absolute Gasteiger partial charge is 0.350 e. The standard InChI is InChI=1S/C27H30ClFN4O3/c1-27(2,16-33(3)4)15-31-26(36)24-21(11-12-30-24)25(35)32-19-8-5-17(6-9-19)13-23(34)20-10-7-18(29)14-22(20)28/h5-10,12,14H,11,13,15-16H2,1-4H3,(H,31,36)(H,32,35). The maximum Gasteiger partial charge on any atom is 0.270 e. The van der Waals surface area contributed by atoms with Crippen LogP contribution >= 0.6 is 11.6 Å². The zero-order chi connectivity index (χ0) is 26.5. The molecule has 2 aromatic carbocycles. The number of aliphatic imine (C=N–C) groups is 1. The molecule has 0 saturated heterocycles. The minimum absolute atomic E-state index is 0.0667. The molecular formula is C27H30ClFN4O3. The van der Waals surface area contributed by atoms with Crippen molar-refractivity contribution in [2.24, 2.45) is 10.4 Å². The fourth-order valence-corrected chi connectivity index (χ4v) is 4.30. The van der Waals surface area contributed by atoms with Crippen LogP contribution in [0.1, 0.15) is 36.2 Å². The first-order valence-electron chi connectivity index (χ1n) is 11.5. The summed E-state index contributed by atoms with van der Waals surface area (Å²) in [4.78, 5) is 44.3.